The molecule has 0 aliphatic carbocycles. The number of carbonyl (C=O) groups excluding carboxylic acids is 2. The summed E-state index contributed by atoms with van der Waals surface area (Å²) in [4.78, 5) is 26.4. The van der Waals surface area contributed by atoms with Crippen LogP contribution in [0, 0.1) is 0 Å². The van der Waals surface area contributed by atoms with Crippen LogP contribution in [0.4, 0.5) is 0 Å². The lowest BCUT2D eigenvalue weighted by atomic mass is 10.1. The van der Waals surface area contributed by atoms with E-state index in [1.807, 2.05) is 60.7 Å². The molecule has 0 unspecified atom stereocenters. The molecule has 0 fully saturated rings. The third kappa shape index (κ3) is 5.17. The molecule has 1 aliphatic heterocycles. The molecule has 0 atom stereocenters. The molecule has 0 aromatic heterocycles. The number of rotatable bonds is 7. The quantitative estimate of drug-likeness (QED) is 0.758. The molecular weight excluding hydrogens is 342 g/mol. The third-order valence-corrected chi connectivity index (χ3v) is 4.31. The number of nitrogens with zero attached hydrogens (tertiary/aromatic N) is 3. The normalized spacial score (nSPS) is 13.9. The number of amides is 2. The van der Waals surface area contributed by atoms with Crippen LogP contribution in [0.2, 0.25) is 0 Å². The number of hydrogen-bond donors (Lipinski definition) is 0. The molecule has 1 heterocycles. The first-order chi connectivity index (χ1) is 13.1. The van der Waals surface area contributed by atoms with Crippen LogP contribution in [0.25, 0.3) is 0 Å². The van der Waals surface area contributed by atoms with Gasteiger partial charge in [-0.15, -0.1) is 0 Å². The van der Waals surface area contributed by atoms with Gasteiger partial charge in [0.1, 0.15) is 18.1 Å². The van der Waals surface area contributed by atoms with Crippen LogP contribution < -0.4 is 4.74 Å². The average Bonchev–Trinajstić information content (AvgIpc) is 2.70. The number of likely N-dealkylation sites (N-methyl/N-ethyl adjacent to an activating group) is 1. The molecule has 0 radical (unpaired) electrons. The minimum atomic E-state index is -0.169. The Bertz CT molecular complexity index is 806. The van der Waals surface area contributed by atoms with Gasteiger partial charge in [-0.1, -0.05) is 48.5 Å². The van der Waals surface area contributed by atoms with Crippen molar-refractivity contribution in [3.8, 4) is 5.75 Å². The summed E-state index contributed by atoms with van der Waals surface area (Å²) < 4.78 is 5.63. The Morgan fingerprint density at radius 2 is 1.74 bits per heavy atom. The molecule has 6 heteroatoms. The van der Waals surface area contributed by atoms with Crippen molar-refractivity contribution in [2.45, 2.75) is 19.4 Å². The van der Waals surface area contributed by atoms with Crippen LogP contribution in [-0.2, 0) is 16.1 Å². The van der Waals surface area contributed by atoms with E-state index >= 15 is 0 Å². The summed E-state index contributed by atoms with van der Waals surface area (Å²) >= 11 is 0. The summed E-state index contributed by atoms with van der Waals surface area (Å²) in [6.07, 6.45) is 0.665. The predicted octanol–water partition coefficient (Wildman–Crippen LogP) is 2.70. The minimum absolute atomic E-state index is 0.0644. The van der Waals surface area contributed by atoms with E-state index in [9.17, 15) is 9.59 Å². The first-order valence-electron chi connectivity index (χ1n) is 8.98. The molecule has 1 aliphatic rings. The smallest absolute Gasteiger partial charge is 0.269 e. The van der Waals surface area contributed by atoms with Crippen molar-refractivity contribution in [1.82, 2.24) is 9.91 Å². The second-order valence-electron chi connectivity index (χ2n) is 6.37. The van der Waals surface area contributed by atoms with E-state index in [1.165, 1.54) is 5.01 Å². The van der Waals surface area contributed by atoms with Crippen LogP contribution >= 0.6 is 0 Å². The van der Waals surface area contributed by atoms with Crippen molar-refractivity contribution in [2.75, 3.05) is 20.2 Å². The number of para-hydroxylation sites is 1. The van der Waals surface area contributed by atoms with E-state index in [0.717, 1.165) is 11.3 Å². The Balaban J connectivity index is 1.57. The Morgan fingerprint density at radius 1 is 1.07 bits per heavy atom. The summed E-state index contributed by atoms with van der Waals surface area (Å²) in [5.41, 5.74) is 1.39. The highest BCUT2D eigenvalue weighted by atomic mass is 16.5. The van der Waals surface area contributed by atoms with Gasteiger partial charge in [-0.05, 0) is 17.7 Å². The molecule has 2 aromatic rings. The zero-order valence-electron chi connectivity index (χ0n) is 15.4. The van der Waals surface area contributed by atoms with E-state index in [-0.39, 0.29) is 11.8 Å². The lowest BCUT2D eigenvalue weighted by molar-refractivity contribution is -0.132. The fourth-order valence-corrected chi connectivity index (χ4v) is 2.77. The molecule has 2 aromatic carbocycles. The maximum absolute atomic E-state index is 12.6. The van der Waals surface area contributed by atoms with Gasteiger partial charge >= 0.3 is 0 Å². The maximum atomic E-state index is 12.6. The first-order valence-corrected chi connectivity index (χ1v) is 8.98. The van der Waals surface area contributed by atoms with E-state index in [2.05, 4.69) is 5.10 Å². The minimum Gasteiger partial charge on any atom is -0.492 e. The Labute approximate surface area is 159 Å². The van der Waals surface area contributed by atoms with E-state index in [4.69, 9.17) is 4.74 Å². The largest absolute Gasteiger partial charge is 0.492 e. The fourth-order valence-electron chi connectivity index (χ4n) is 2.77. The fraction of sp³-hybridized carbons (Fsp3) is 0.286. The first kappa shape index (κ1) is 18.6. The number of hydrogen-bond acceptors (Lipinski definition) is 4. The maximum Gasteiger partial charge on any atom is 0.269 e. The van der Waals surface area contributed by atoms with Gasteiger partial charge in [0.05, 0.1) is 13.1 Å². The lowest BCUT2D eigenvalue weighted by Crippen LogP contribution is -2.41. The topological polar surface area (TPSA) is 62.2 Å². The van der Waals surface area contributed by atoms with Gasteiger partial charge in [-0.25, -0.2) is 5.01 Å². The molecule has 0 saturated heterocycles. The zero-order valence-corrected chi connectivity index (χ0v) is 15.4. The second kappa shape index (κ2) is 8.98. The highest BCUT2D eigenvalue weighted by molar-refractivity contribution is 6.39. The number of carbonyl (C=O) groups is 2. The summed E-state index contributed by atoms with van der Waals surface area (Å²) in [5, 5.41) is 5.70. The monoisotopic (exact) mass is 365 g/mol. The number of hydrazone groups is 1. The van der Waals surface area contributed by atoms with Crippen molar-refractivity contribution < 1.29 is 14.3 Å². The predicted molar refractivity (Wildman–Crippen MR) is 103 cm³/mol. The van der Waals surface area contributed by atoms with Crippen molar-refractivity contribution in [1.29, 1.82) is 0 Å². The molecule has 0 saturated carbocycles. The molecule has 0 spiro atoms. The Morgan fingerprint density at radius 3 is 2.44 bits per heavy atom. The highest BCUT2D eigenvalue weighted by Gasteiger charge is 2.26. The molecule has 0 N–H and O–H groups in total. The SMILES string of the molecule is CN(CCOc1ccccc1)C(=O)C1=NN(Cc2ccccc2)C(=O)CC1. The van der Waals surface area contributed by atoms with Gasteiger partial charge in [0.25, 0.3) is 5.91 Å². The molecule has 0 bridgehead atoms. The number of ether oxygens (including phenoxy) is 1. The average molecular weight is 365 g/mol. The van der Waals surface area contributed by atoms with Crippen molar-refractivity contribution in [2.24, 2.45) is 5.10 Å². The van der Waals surface area contributed by atoms with Crippen LogP contribution in [0.3, 0.4) is 0 Å². The van der Waals surface area contributed by atoms with E-state index in [0.29, 0.717) is 38.2 Å². The van der Waals surface area contributed by atoms with Gasteiger partial charge in [0.15, 0.2) is 0 Å². The molecule has 2 amide bonds. The van der Waals surface area contributed by atoms with Crippen LogP contribution in [-0.4, -0.2) is 47.6 Å². The van der Waals surface area contributed by atoms with Crippen LogP contribution in [0.15, 0.2) is 65.8 Å². The summed E-state index contributed by atoms with van der Waals surface area (Å²) in [6, 6.07) is 19.1. The molecule has 140 valence electrons. The van der Waals surface area contributed by atoms with Crippen LogP contribution in [0.1, 0.15) is 18.4 Å². The molecular formula is C21H23N3O3. The van der Waals surface area contributed by atoms with Crippen molar-refractivity contribution in [3.05, 3.63) is 66.2 Å². The van der Waals surface area contributed by atoms with Gasteiger partial charge in [-0.3, -0.25) is 9.59 Å². The molecule has 27 heavy (non-hydrogen) atoms. The number of benzene rings is 2. The molecule has 3 rings (SSSR count). The van der Waals surface area contributed by atoms with Gasteiger partial charge in [-0.2, -0.15) is 5.10 Å². The summed E-state index contributed by atoms with van der Waals surface area (Å²) in [7, 11) is 1.72. The third-order valence-electron chi connectivity index (χ3n) is 4.31. The zero-order chi connectivity index (χ0) is 19.1. The highest BCUT2D eigenvalue weighted by Crippen LogP contribution is 2.15. The summed E-state index contributed by atoms with van der Waals surface area (Å²) in [6.45, 7) is 1.21. The van der Waals surface area contributed by atoms with Gasteiger partial charge in [0.2, 0.25) is 5.91 Å². The van der Waals surface area contributed by atoms with E-state index in [1.54, 1.807) is 11.9 Å². The van der Waals surface area contributed by atoms with Gasteiger partial charge < -0.3 is 9.64 Å². The molecule has 6 nitrogen and oxygen atoms in total. The lowest BCUT2D eigenvalue weighted by Gasteiger charge is -2.25. The standard InChI is InChI=1S/C21H23N3O3/c1-23(14-15-27-18-10-6-3-7-11-18)21(26)19-12-13-20(25)24(22-19)16-17-8-4-2-5-9-17/h2-11H,12-16H2,1H3. The van der Waals surface area contributed by atoms with Crippen LogP contribution in [0.5, 0.6) is 5.75 Å². The Kier molecular flexibility index (Phi) is 6.20. The van der Waals surface area contributed by atoms with Crippen molar-refractivity contribution >= 4 is 17.5 Å². The Hall–Kier alpha value is -3.15. The second-order valence-corrected chi connectivity index (χ2v) is 6.37. The van der Waals surface area contributed by atoms with Crippen molar-refractivity contribution in [3.63, 3.8) is 0 Å². The van der Waals surface area contributed by atoms with Gasteiger partial charge in [0, 0.05) is 19.9 Å². The summed E-state index contributed by atoms with van der Waals surface area (Å²) in [5.74, 6) is 0.538. The van der Waals surface area contributed by atoms with E-state index < -0.39 is 0 Å².